The molecule has 198 valence electrons. The number of nitrogens with zero attached hydrogens (tertiary/aromatic N) is 3. The van der Waals surface area contributed by atoms with Gasteiger partial charge in [-0.2, -0.15) is 26.3 Å². The van der Waals surface area contributed by atoms with Crippen LogP contribution in [0.2, 0.25) is 0 Å². The van der Waals surface area contributed by atoms with Crippen LogP contribution in [0.3, 0.4) is 0 Å². The van der Waals surface area contributed by atoms with Crippen molar-refractivity contribution in [2.75, 3.05) is 24.3 Å². The summed E-state index contributed by atoms with van der Waals surface area (Å²) in [5, 5.41) is 7.49. The molecule has 1 aromatic heterocycles. The number of ether oxygens (including phenoxy) is 1. The maximum atomic E-state index is 13.9. The second-order valence-corrected chi connectivity index (χ2v) is 8.45. The molecule has 3 aromatic rings. The fourth-order valence-electron chi connectivity index (χ4n) is 4.23. The molecule has 1 amide bonds. The smallest absolute Gasteiger partial charge is 0.416 e. The highest BCUT2D eigenvalue weighted by molar-refractivity contribution is 6.00. The Bertz CT molecular complexity index is 1410. The van der Waals surface area contributed by atoms with Crippen LogP contribution in [0.25, 0.3) is 0 Å². The lowest BCUT2D eigenvalue weighted by Crippen LogP contribution is -2.35. The van der Waals surface area contributed by atoms with Crippen molar-refractivity contribution in [1.29, 1.82) is 0 Å². The Hall–Kier alpha value is -4.27. The van der Waals surface area contributed by atoms with Gasteiger partial charge in [0.2, 0.25) is 5.91 Å². The number of aryl methyl sites for hydroxylation is 1. The van der Waals surface area contributed by atoms with Gasteiger partial charge in [0.05, 0.1) is 30.7 Å². The lowest BCUT2D eigenvalue weighted by Gasteiger charge is -2.26. The summed E-state index contributed by atoms with van der Waals surface area (Å²) in [6.45, 7) is -0.220. The average molecular weight is 534 g/mol. The van der Waals surface area contributed by atoms with Gasteiger partial charge in [-0.05, 0) is 72.4 Å². The molecule has 0 fully saturated rings. The van der Waals surface area contributed by atoms with Crippen molar-refractivity contribution in [3.05, 3.63) is 76.5 Å². The Kier molecular flexibility index (Phi) is 7.22. The number of hydrogen-bond donors (Lipinski definition) is 1. The first kappa shape index (κ1) is 26.8. The Morgan fingerprint density at radius 3 is 2.42 bits per heavy atom. The summed E-state index contributed by atoms with van der Waals surface area (Å²) in [5.74, 6) is 4.06. The summed E-state index contributed by atoms with van der Waals surface area (Å²) in [7, 11) is 1.45. The molecule has 0 radical (unpaired) electrons. The molecule has 12 heteroatoms. The van der Waals surface area contributed by atoms with E-state index < -0.39 is 40.9 Å². The van der Waals surface area contributed by atoms with Gasteiger partial charge in [0.15, 0.2) is 0 Å². The number of alkyl halides is 6. The fourth-order valence-corrected chi connectivity index (χ4v) is 4.23. The van der Waals surface area contributed by atoms with Crippen LogP contribution < -0.4 is 15.4 Å². The number of halogens is 6. The van der Waals surface area contributed by atoms with Crippen LogP contribution in [0, 0.1) is 11.8 Å². The molecule has 4 rings (SSSR count). The molecule has 0 saturated carbocycles. The molecule has 2 aromatic carbocycles. The van der Waals surface area contributed by atoms with Crippen molar-refractivity contribution in [2.45, 2.75) is 31.1 Å². The van der Waals surface area contributed by atoms with Gasteiger partial charge in [-0.1, -0.05) is 12.0 Å². The number of amides is 1. The highest BCUT2D eigenvalue weighted by Gasteiger charge is 2.42. The number of benzene rings is 2. The molecule has 38 heavy (non-hydrogen) atoms. The molecule has 1 atom stereocenters. The topological polar surface area (TPSA) is 81.3 Å². The quantitative estimate of drug-likeness (QED) is 0.368. The van der Waals surface area contributed by atoms with E-state index in [1.165, 1.54) is 24.1 Å². The van der Waals surface area contributed by atoms with E-state index in [0.29, 0.717) is 23.1 Å². The van der Waals surface area contributed by atoms with E-state index in [9.17, 15) is 31.1 Å². The summed E-state index contributed by atoms with van der Waals surface area (Å²) >= 11 is 0. The van der Waals surface area contributed by atoms with Crippen molar-refractivity contribution < 1.29 is 35.9 Å². The number of nitrogens with two attached hydrogens (primary N) is 1. The van der Waals surface area contributed by atoms with Gasteiger partial charge < -0.3 is 10.5 Å². The highest BCUT2D eigenvalue weighted by atomic mass is 19.4. The van der Waals surface area contributed by atoms with Crippen LogP contribution in [0.5, 0.6) is 5.75 Å². The molecule has 1 unspecified atom stereocenters. The normalized spacial score (nSPS) is 15.8. The fraction of sp³-hybridized carbons (Fsp3) is 0.269. The monoisotopic (exact) mass is 534 g/mol. The van der Waals surface area contributed by atoms with E-state index in [0.717, 1.165) is 6.07 Å². The Morgan fingerprint density at radius 1 is 1.03 bits per heavy atom. The Balaban J connectivity index is 1.78. The van der Waals surface area contributed by atoms with Crippen LogP contribution in [0.1, 0.15) is 40.3 Å². The molecular formula is C26H20F6N4O2. The average Bonchev–Trinajstić information content (AvgIpc) is 2.99. The zero-order chi connectivity index (χ0) is 27.7. The number of carbonyl (C=O) groups excluding carboxylic acids is 1. The Labute approximate surface area is 213 Å². The zero-order valence-electron chi connectivity index (χ0n) is 19.8. The predicted molar refractivity (Wildman–Crippen MR) is 126 cm³/mol. The number of nitrogen functional groups attached to an aromatic ring is 1. The van der Waals surface area contributed by atoms with Crippen molar-refractivity contribution in [3.8, 4) is 17.6 Å². The van der Waals surface area contributed by atoms with Crippen molar-refractivity contribution >= 4 is 17.4 Å². The van der Waals surface area contributed by atoms with Crippen molar-refractivity contribution in [1.82, 2.24) is 10.2 Å². The van der Waals surface area contributed by atoms with Crippen LogP contribution in [-0.4, -0.2) is 29.8 Å². The van der Waals surface area contributed by atoms with Gasteiger partial charge in [0.25, 0.3) is 0 Å². The van der Waals surface area contributed by atoms with E-state index in [-0.39, 0.29) is 37.0 Å². The molecular weight excluding hydrogens is 514 g/mol. The van der Waals surface area contributed by atoms with Gasteiger partial charge >= 0.3 is 12.4 Å². The van der Waals surface area contributed by atoms with Crippen molar-refractivity contribution in [3.63, 3.8) is 0 Å². The predicted octanol–water partition coefficient (Wildman–Crippen LogP) is 5.22. The molecule has 2 N–H and O–H groups in total. The first-order valence-corrected chi connectivity index (χ1v) is 11.2. The number of anilines is 2. The van der Waals surface area contributed by atoms with Gasteiger partial charge in [-0.3, -0.25) is 9.69 Å². The third kappa shape index (κ3) is 5.66. The maximum absolute atomic E-state index is 13.9. The van der Waals surface area contributed by atoms with E-state index in [2.05, 4.69) is 22.0 Å². The van der Waals surface area contributed by atoms with Gasteiger partial charge in [0.1, 0.15) is 17.3 Å². The first-order valence-electron chi connectivity index (χ1n) is 11.2. The lowest BCUT2D eigenvalue weighted by molar-refractivity contribution is -0.143. The van der Waals surface area contributed by atoms with Gasteiger partial charge in [0, 0.05) is 5.69 Å². The van der Waals surface area contributed by atoms with Crippen LogP contribution in [0.15, 0.2) is 48.5 Å². The summed E-state index contributed by atoms with van der Waals surface area (Å²) in [6, 6.07) is 9.19. The summed E-state index contributed by atoms with van der Waals surface area (Å²) in [6.07, 6.45) is -9.99. The largest absolute Gasteiger partial charge is 0.497 e. The summed E-state index contributed by atoms with van der Waals surface area (Å²) < 4.78 is 86.6. The van der Waals surface area contributed by atoms with E-state index >= 15 is 0 Å². The summed E-state index contributed by atoms with van der Waals surface area (Å²) in [5.41, 5.74) is 3.31. The third-order valence-electron chi connectivity index (χ3n) is 6.04. The minimum atomic E-state index is -5.11. The second kappa shape index (κ2) is 10.2. The minimum absolute atomic E-state index is 0.0492. The van der Waals surface area contributed by atoms with Gasteiger partial charge in [-0.25, -0.2) is 0 Å². The maximum Gasteiger partial charge on any atom is 0.416 e. The third-order valence-corrected chi connectivity index (χ3v) is 6.04. The number of hydrogen-bond acceptors (Lipinski definition) is 5. The molecule has 0 spiro atoms. The molecule has 1 aliphatic rings. The lowest BCUT2D eigenvalue weighted by atomic mass is 9.88. The number of fused-ring (bicyclic) bond motifs is 1. The Morgan fingerprint density at radius 2 is 1.79 bits per heavy atom. The molecule has 1 aliphatic heterocycles. The number of aromatic nitrogens is 2. The number of carbonyl (C=O) groups is 1. The van der Waals surface area contributed by atoms with E-state index in [1.807, 2.05) is 0 Å². The van der Waals surface area contributed by atoms with E-state index in [4.69, 9.17) is 10.5 Å². The number of rotatable bonds is 3. The van der Waals surface area contributed by atoms with Gasteiger partial charge in [-0.15, -0.1) is 10.2 Å². The van der Waals surface area contributed by atoms with Crippen LogP contribution >= 0.6 is 0 Å². The van der Waals surface area contributed by atoms with Crippen LogP contribution in [0.4, 0.5) is 37.8 Å². The second-order valence-electron chi connectivity index (χ2n) is 8.45. The number of methoxy groups -OCH3 is 1. The minimum Gasteiger partial charge on any atom is -0.497 e. The molecule has 0 bridgehead atoms. The summed E-state index contributed by atoms with van der Waals surface area (Å²) in [4.78, 5) is 14.9. The first-order chi connectivity index (χ1) is 17.9. The molecule has 0 saturated heterocycles. The zero-order valence-corrected chi connectivity index (χ0v) is 19.8. The van der Waals surface area contributed by atoms with Crippen LogP contribution in [-0.2, 0) is 23.6 Å². The SMILES string of the molecule is COc1ccc2c(c1)CCC(c1ccc(C(F)(F)F)cc1C(F)(F)F)C(=O)N2CC#Cc1ccc(N)nn1. The van der Waals surface area contributed by atoms with Crippen molar-refractivity contribution in [2.24, 2.45) is 0 Å². The molecule has 0 aliphatic carbocycles. The molecule has 2 heterocycles. The molecule has 6 nitrogen and oxygen atoms in total. The highest BCUT2D eigenvalue weighted by Crippen LogP contribution is 2.43. The standard InChI is InChI=1S/C26H20F6N4O2/c1-38-18-7-10-22-15(13-18)4-8-20(19-9-5-16(25(27,28)29)14-21(19)26(30,31)32)24(37)36(22)12-2-3-17-6-11-23(33)35-34-17/h5-7,9-11,13-14,20H,4,8,12H2,1H3,(H2,33,35). The van der Waals surface area contributed by atoms with E-state index in [1.54, 1.807) is 18.2 Å².